The quantitative estimate of drug-likeness (QED) is 0.485. The second-order valence-electron chi connectivity index (χ2n) is 5.12. The third-order valence-corrected chi connectivity index (χ3v) is 4.05. The van der Waals surface area contributed by atoms with Crippen LogP contribution >= 0.6 is 11.3 Å². The molecule has 2 heterocycles. The molecule has 0 saturated carbocycles. The summed E-state index contributed by atoms with van der Waals surface area (Å²) in [6.45, 7) is 3.19. The van der Waals surface area contributed by atoms with Crippen molar-refractivity contribution in [1.82, 2.24) is 14.8 Å². The lowest BCUT2D eigenvalue weighted by Crippen LogP contribution is -1.95. The van der Waals surface area contributed by atoms with Gasteiger partial charge in [0.15, 0.2) is 5.78 Å². The van der Waals surface area contributed by atoms with Gasteiger partial charge in [-0.25, -0.2) is 4.98 Å². The van der Waals surface area contributed by atoms with Crippen LogP contribution in [0.3, 0.4) is 0 Å². The molecule has 0 fully saturated rings. The Morgan fingerprint density at radius 2 is 2.17 bits per heavy atom. The largest absolute Gasteiger partial charge is 0.487 e. The van der Waals surface area contributed by atoms with Crippen molar-refractivity contribution in [2.24, 2.45) is 0 Å². The number of allylic oxidation sites excluding steroid dienone is 1. The molecule has 0 aliphatic carbocycles. The number of hydrogen-bond donors (Lipinski definition) is 0. The van der Waals surface area contributed by atoms with Crippen molar-refractivity contribution in [3.05, 3.63) is 70.4 Å². The number of thiazole rings is 1. The second-order valence-corrected chi connectivity index (χ2v) is 5.84. The molecule has 2 aromatic heterocycles. The zero-order valence-corrected chi connectivity index (χ0v) is 14.1. The van der Waals surface area contributed by atoms with Gasteiger partial charge in [-0.05, 0) is 30.7 Å². The fourth-order valence-electron chi connectivity index (χ4n) is 2.07. The first-order valence-corrected chi connectivity index (χ1v) is 8.53. The number of aromatic nitrogens is 3. The van der Waals surface area contributed by atoms with Gasteiger partial charge >= 0.3 is 0 Å². The smallest absolute Gasteiger partial charge is 0.189 e. The number of nitrogens with zero attached hydrogens (tertiary/aromatic N) is 3. The summed E-state index contributed by atoms with van der Waals surface area (Å²) in [6, 6.07) is 7.59. The van der Waals surface area contributed by atoms with E-state index in [1.807, 2.05) is 36.6 Å². The molecule has 0 aliphatic heterocycles. The van der Waals surface area contributed by atoms with E-state index in [-0.39, 0.29) is 5.78 Å². The van der Waals surface area contributed by atoms with Crippen LogP contribution in [0.5, 0.6) is 5.75 Å². The zero-order valence-electron chi connectivity index (χ0n) is 13.3. The van der Waals surface area contributed by atoms with Gasteiger partial charge in [0, 0.05) is 18.1 Å². The first-order chi connectivity index (χ1) is 11.7. The summed E-state index contributed by atoms with van der Waals surface area (Å²) >= 11 is 1.55. The SMILES string of the molecule is CCn1cc(C(=O)C=Cc2ccc(OCc3cscn3)cc2)cn1. The van der Waals surface area contributed by atoms with Crippen LogP contribution < -0.4 is 4.74 Å². The maximum Gasteiger partial charge on any atom is 0.189 e. The number of carbonyl (C=O) groups is 1. The minimum atomic E-state index is -0.0569. The number of benzene rings is 1. The van der Waals surface area contributed by atoms with Crippen LogP contribution in [0.25, 0.3) is 6.08 Å². The van der Waals surface area contributed by atoms with E-state index in [0.717, 1.165) is 23.6 Å². The summed E-state index contributed by atoms with van der Waals surface area (Å²) in [5.41, 5.74) is 4.24. The molecule has 0 unspecified atom stereocenters. The maximum atomic E-state index is 12.1. The molecule has 0 saturated heterocycles. The van der Waals surface area contributed by atoms with Gasteiger partial charge in [0.1, 0.15) is 12.4 Å². The Bertz CT molecular complexity index is 820. The van der Waals surface area contributed by atoms with Crippen LogP contribution in [-0.4, -0.2) is 20.5 Å². The molecule has 3 aromatic rings. The molecule has 1 aromatic carbocycles. The Morgan fingerprint density at radius 1 is 1.33 bits per heavy atom. The van der Waals surface area contributed by atoms with Crippen molar-refractivity contribution in [3.63, 3.8) is 0 Å². The molecule has 0 atom stereocenters. The Balaban J connectivity index is 1.57. The Kier molecular flexibility index (Phi) is 5.18. The number of ketones is 1. The van der Waals surface area contributed by atoms with E-state index >= 15 is 0 Å². The van der Waals surface area contributed by atoms with E-state index < -0.39 is 0 Å². The summed E-state index contributed by atoms with van der Waals surface area (Å²) < 4.78 is 7.39. The third-order valence-electron chi connectivity index (χ3n) is 3.42. The lowest BCUT2D eigenvalue weighted by Gasteiger charge is -2.04. The summed E-state index contributed by atoms with van der Waals surface area (Å²) in [4.78, 5) is 16.2. The first-order valence-electron chi connectivity index (χ1n) is 7.59. The highest BCUT2D eigenvalue weighted by Gasteiger charge is 2.04. The fourth-order valence-corrected chi connectivity index (χ4v) is 2.62. The number of carbonyl (C=O) groups excluding carboxylic acids is 1. The van der Waals surface area contributed by atoms with Crippen molar-refractivity contribution in [2.75, 3.05) is 0 Å². The molecule has 0 amide bonds. The lowest BCUT2D eigenvalue weighted by molar-refractivity contribution is 0.104. The lowest BCUT2D eigenvalue weighted by atomic mass is 10.1. The highest BCUT2D eigenvalue weighted by atomic mass is 32.1. The van der Waals surface area contributed by atoms with E-state index in [9.17, 15) is 4.79 Å². The van der Waals surface area contributed by atoms with Gasteiger partial charge in [-0.2, -0.15) is 5.10 Å². The number of ether oxygens (including phenoxy) is 1. The van der Waals surface area contributed by atoms with Gasteiger partial charge in [0.05, 0.1) is 23.0 Å². The van der Waals surface area contributed by atoms with Gasteiger partial charge < -0.3 is 4.74 Å². The Hall–Kier alpha value is -2.73. The van der Waals surface area contributed by atoms with Crippen molar-refractivity contribution in [2.45, 2.75) is 20.1 Å². The molecule has 0 radical (unpaired) electrons. The van der Waals surface area contributed by atoms with Gasteiger partial charge in [0.2, 0.25) is 0 Å². The summed E-state index contributed by atoms with van der Waals surface area (Å²) in [5, 5.41) is 6.07. The van der Waals surface area contributed by atoms with Gasteiger partial charge in [-0.3, -0.25) is 9.48 Å². The van der Waals surface area contributed by atoms with Crippen LogP contribution in [0.1, 0.15) is 28.5 Å². The predicted octanol–water partition coefficient (Wildman–Crippen LogP) is 3.83. The van der Waals surface area contributed by atoms with E-state index in [2.05, 4.69) is 10.1 Å². The monoisotopic (exact) mass is 339 g/mol. The number of rotatable bonds is 7. The standard InChI is InChI=1S/C18H17N3O2S/c1-2-21-10-15(9-20-21)18(22)8-5-14-3-6-17(7-4-14)23-11-16-12-24-13-19-16/h3-10,12-13H,2,11H2,1H3. The highest BCUT2D eigenvalue weighted by Crippen LogP contribution is 2.15. The van der Waals surface area contributed by atoms with E-state index in [0.29, 0.717) is 12.2 Å². The summed E-state index contributed by atoms with van der Waals surface area (Å²) in [7, 11) is 0. The summed E-state index contributed by atoms with van der Waals surface area (Å²) in [6.07, 6.45) is 6.69. The minimum Gasteiger partial charge on any atom is -0.487 e. The van der Waals surface area contributed by atoms with Gasteiger partial charge in [0.25, 0.3) is 0 Å². The topological polar surface area (TPSA) is 57.0 Å². The van der Waals surface area contributed by atoms with Crippen LogP contribution in [0.4, 0.5) is 0 Å². The van der Waals surface area contributed by atoms with E-state index in [1.54, 1.807) is 46.1 Å². The van der Waals surface area contributed by atoms with Crippen LogP contribution in [0, 0.1) is 0 Å². The molecule has 5 nitrogen and oxygen atoms in total. The van der Waals surface area contributed by atoms with Crippen LogP contribution in [-0.2, 0) is 13.2 Å². The molecule has 0 bridgehead atoms. The van der Waals surface area contributed by atoms with Crippen molar-refractivity contribution < 1.29 is 9.53 Å². The van der Waals surface area contributed by atoms with Gasteiger partial charge in [-0.1, -0.05) is 18.2 Å². The van der Waals surface area contributed by atoms with Crippen molar-refractivity contribution in [3.8, 4) is 5.75 Å². The van der Waals surface area contributed by atoms with Crippen LogP contribution in [0.15, 0.2) is 53.6 Å². The average molecular weight is 339 g/mol. The van der Waals surface area contributed by atoms with Crippen molar-refractivity contribution in [1.29, 1.82) is 0 Å². The first kappa shape index (κ1) is 16.1. The zero-order chi connectivity index (χ0) is 16.8. The highest BCUT2D eigenvalue weighted by molar-refractivity contribution is 7.07. The molecular weight excluding hydrogens is 322 g/mol. The third kappa shape index (κ3) is 4.17. The number of hydrogen-bond acceptors (Lipinski definition) is 5. The molecule has 0 N–H and O–H groups in total. The normalized spacial score (nSPS) is 11.0. The molecule has 122 valence electrons. The second kappa shape index (κ2) is 7.70. The Labute approximate surface area is 144 Å². The fraction of sp³-hybridized carbons (Fsp3) is 0.167. The number of aryl methyl sites for hydroxylation is 1. The summed E-state index contributed by atoms with van der Waals surface area (Å²) in [5.74, 6) is 0.717. The Morgan fingerprint density at radius 3 is 2.83 bits per heavy atom. The predicted molar refractivity (Wildman–Crippen MR) is 94.2 cm³/mol. The van der Waals surface area contributed by atoms with Crippen LogP contribution in [0.2, 0.25) is 0 Å². The van der Waals surface area contributed by atoms with Gasteiger partial charge in [-0.15, -0.1) is 11.3 Å². The van der Waals surface area contributed by atoms with Crippen molar-refractivity contribution >= 4 is 23.2 Å². The molecule has 0 aliphatic rings. The molecule has 24 heavy (non-hydrogen) atoms. The molecule has 6 heteroatoms. The maximum absolute atomic E-state index is 12.1. The average Bonchev–Trinajstić information content (AvgIpc) is 3.30. The molecular formula is C18H17N3O2S. The van der Waals surface area contributed by atoms with E-state index in [1.165, 1.54) is 0 Å². The van der Waals surface area contributed by atoms with E-state index in [4.69, 9.17) is 4.74 Å². The minimum absolute atomic E-state index is 0.0569. The molecule has 0 spiro atoms. The molecule has 3 rings (SSSR count).